The van der Waals surface area contributed by atoms with Crippen LogP contribution in [0, 0.1) is 0 Å². The first-order valence-electron chi connectivity index (χ1n) is 8.38. The molecule has 26 heavy (non-hydrogen) atoms. The van der Waals surface area contributed by atoms with Crippen LogP contribution in [-0.4, -0.2) is 32.9 Å². The van der Waals surface area contributed by atoms with Crippen molar-refractivity contribution in [2.75, 3.05) is 7.11 Å². The number of hydrogen-bond acceptors (Lipinski definition) is 6. The summed E-state index contributed by atoms with van der Waals surface area (Å²) in [6.07, 6.45) is 5.04. The number of fused-ring (bicyclic) bond motifs is 1. The van der Waals surface area contributed by atoms with E-state index in [9.17, 15) is 4.79 Å². The van der Waals surface area contributed by atoms with Gasteiger partial charge in [-0.25, -0.2) is 0 Å². The molecule has 1 amide bonds. The highest BCUT2D eigenvalue weighted by Gasteiger charge is 2.25. The van der Waals surface area contributed by atoms with Crippen LogP contribution in [0.25, 0.3) is 11.4 Å². The van der Waals surface area contributed by atoms with E-state index in [0.29, 0.717) is 23.9 Å². The number of ether oxygens (including phenoxy) is 1. The third-order valence-corrected chi connectivity index (χ3v) is 4.49. The predicted molar refractivity (Wildman–Crippen MR) is 92.2 cm³/mol. The average molecular weight is 353 g/mol. The summed E-state index contributed by atoms with van der Waals surface area (Å²) in [6.45, 7) is 0.292. The van der Waals surface area contributed by atoms with E-state index >= 15 is 0 Å². The van der Waals surface area contributed by atoms with E-state index < -0.39 is 0 Å². The Balaban J connectivity index is 1.51. The molecule has 1 N–H and O–H groups in total. The molecule has 1 atom stereocenters. The summed E-state index contributed by atoms with van der Waals surface area (Å²) in [4.78, 5) is 16.7. The van der Waals surface area contributed by atoms with Crippen LogP contribution in [0.3, 0.4) is 0 Å². The fraction of sp³-hybridized carbons (Fsp3) is 0.333. The molecule has 0 fully saturated rings. The SMILES string of the molecule is COCc1nc(-c2ccc3c(c2)CCC3NC(=O)c2cnn(C)c2)no1. The molecule has 0 saturated carbocycles. The Morgan fingerprint density at radius 2 is 2.35 bits per heavy atom. The van der Waals surface area contributed by atoms with E-state index in [1.807, 2.05) is 12.1 Å². The second-order valence-electron chi connectivity index (χ2n) is 6.33. The molecular weight excluding hydrogens is 334 g/mol. The minimum Gasteiger partial charge on any atom is -0.375 e. The second kappa shape index (κ2) is 6.72. The quantitative estimate of drug-likeness (QED) is 0.754. The predicted octanol–water partition coefficient (Wildman–Crippen LogP) is 2.03. The van der Waals surface area contributed by atoms with Crippen LogP contribution >= 0.6 is 0 Å². The van der Waals surface area contributed by atoms with Gasteiger partial charge in [0.2, 0.25) is 5.82 Å². The van der Waals surface area contributed by atoms with E-state index in [4.69, 9.17) is 9.26 Å². The molecule has 0 spiro atoms. The standard InChI is InChI=1S/C18H19N5O3/c1-23-9-13(8-19-23)18(24)20-15-6-4-11-7-12(3-5-14(11)15)17-21-16(10-25-2)26-22-17/h3,5,7-9,15H,4,6,10H2,1-2H3,(H,20,24). The summed E-state index contributed by atoms with van der Waals surface area (Å²) in [5.74, 6) is 0.884. The van der Waals surface area contributed by atoms with Crippen molar-refractivity contribution in [2.24, 2.45) is 7.05 Å². The Hall–Kier alpha value is -3.00. The highest BCUT2D eigenvalue weighted by atomic mass is 16.5. The van der Waals surface area contributed by atoms with Crippen LogP contribution in [0.4, 0.5) is 0 Å². The van der Waals surface area contributed by atoms with Gasteiger partial charge in [0, 0.05) is 25.9 Å². The van der Waals surface area contributed by atoms with Gasteiger partial charge in [-0.1, -0.05) is 17.3 Å². The van der Waals surface area contributed by atoms with E-state index in [2.05, 4.69) is 26.6 Å². The van der Waals surface area contributed by atoms with Crippen molar-refractivity contribution < 1.29 is 14.1 Å². The highest BCUT2D eigenvalue weighted by Crippen LogP contribution is 2.33. The molecule has 0 saturated heterocycles. The highest BCUT2D eigenvalue weighted by molar-refractivity contribution is 5.94. The molecule has 0 bridgehead atoms. The number of aryl methyl sites for hydroxylation is 2. The smallest absolute Gasteiger partial charge is 0.254 e. The monoisotopic (exact) mass is 353 g/mol. The summed E-state index contributed by atoms with van der Waals surface area (Å²) < 4.78 is 11.8. The zero-order chi connectivity index (χ0) is 18.1. The molecule has 2 heterocycles. The van der Waals surface area contributed by atoms with Crippen molar-refractivity contribution in [2.45, 2.75) is 25.5 Å². The zero-order valence-electron chi connectivity index (χ0n) is 14.6. The van der Waals surface area contributed by atoms with Gasteiger partial charge >= 0.3 is 0 Å². The van der Waals surface area contributed by atoms with Crippen molar-refractivity contribution in [1.82, 2.24) is 25.2 Å². The average Bonchev–Trinajstić information content (AvgIpc) is 3.35. The fourth-order valence-corrected chi connectivity index (χ4v) is 3.24. The lowest BCUT2D eigenvalue weighted by Gasteiger charge is -2.13. The summed E-state index contributed by atoms with van der Waals surface area (Å²) >= 11 is 0. The normalized spacial score (nSPS) is 15.8. The maximum atomic E-state index is 12.4. The number of rotatable bonds is 5. The van der Waals surface area contributed by atoms with Crippen LogP contribution in [0.1, 0.15) is 39.8 Å². The number of carbonyl (C=O) groups excluding carboxylic acids is 1. The Morgan fingerprint density at radius 3 is 3.12 bits per heavy atom. The topological polar surface area (TPSA) is 95.1 Å². The number of methoxy groups -OCH3 is 1. The lowest BCUT2D eigenvalue weighted by atomic mass is 10.0. The van der Waals surface area contributed by atoms with E-state index in [-0.39, 0.29) is 11.9 Å². The van der Waals surface area contributed by atoms with Crippen LogP contribution in [-0.2, 0) is 24.8 Å². The minimum absolute atomic E-state index is 0.000997. The van der Waals surface area contributed by atoms with Gasteiger partial charge in [0.25, 0.3) is 11.8 Å². The lowest BCUT2D eigenvalue weighted by molar-refractivity contribution is 0.0936. The maximum absolute atomic E-state index is 12.4. The summed E-state index contributed by atoms with van der Waals surface area (Å²) in [5, 5.41) is 11.1. The van der Waals surface area contributed by atoms with Gasteiger partial charge in [-0.3, -0.25) is 9.48 Å². The molecule has 3 aromatic rings. The molecule has 134 valence electrons. The van der Waals surface area contributed by atoms with Gasteiger partial charge < -0.3 is 14.6 Å². The van der Waals surface area contributed by atoms with Crippen LogP contribution < -0.4 is 5.32 Å². The Labute approximate surface area is 150 Å². The van der Waals surface area contributed by atoms with Gasteiger partial charge in [0.15, 0.2) is 0 Å². The van der Waals surface area contributed by atoms with Crippen molar-refractivity contribution in [3.05, 3.63) is 53.2 Å². The van der Waals surface area contributed by atoms with Crippen molar-refractivity contribution >= 4 is 5.91 Å². The number of amides is 1. The summed E-state index contributed by atoms with van der Waals surface area (Å²) in [7, 11) is 3.37. The molecule has 8 heteroatoms. The summed E-state index contributed by atoms with van der Waals surface area (Å²) in [6, 6.07) is 6.04. The number of hydrogen-bond donors (Lipinski definition) is 1. The largest absolute Gasteiger partial charge is 0.375 e. The van der Waals surface area contributed by atoms with E-state index in [1.54, 1.807) is 31.2 Å². The molecule has 4 rings (SSSR count). The van der Waals surface area contributed by atoms with Crippen LogP contribution in [0.15, 0.2) is 35.1 Å². The maximum Gasteiger partial charge on any atom is 0.254 e. The van der Waals surface area contributed by atoms with Gasteiger partial charge in [-0.2, -0.15) is 10.1 Å². The van der Waals surface area contributed by atoms with Gasteiger partial charge in [0.05, 0.1) is 17.8 Å². The van der Waals surface area contributed by atoms with Gasteiger partial charge in [0.1, 0.15) is 6.61 Å². The Bertz CT molecular complexity index is 946. The Kier molecular flexibility index (Phi) is 4.26. The van der Waals surface area contributed by atoms with Crippen molar-refractivity contribution in [1.29, 1.82) is 0 Å². The number of carbonyl (C=O) groups is 1. The molecular formula is C18H19N5O3. The lowest BCUT2D eigenvalue weighted by Crippen LogP contribution is -2.26. The molecule has 0 radical (unpaired) electrons. The molecule has 1 aliphatic rings. The van der Waals surface area contributed by atoms with Crippen LogP contribution in [0.2, 0.25) is 0 Å². The molecule has 8 nitrogen and oxygen atoms in total. The number of aromatic nitrogens is 4. The first-order valence-corrected chi connectivity index (χ1v) is 8.38. The number of nitrogens with one attached hydrogen (secondary N) is 1. The number of benzene rings is 1. The third kappa shape index (κ3) is 3.11. The summed E-state index contributed by atoms with van der Waals surface area (Å²) in [5.41, 5.74) is 3.79. The zero-order valence-corrected chi connectivity index (χ0v) is 14.6. The van der Waals surface area contributed by atoms with Crippen LogP contribution in [0.5, 0.6) is 0 Å². The first-order chi connectivity index (χ1) is 12.6. The second-order valence-corrected chi connectivity index (χ2v) is 6.33. The Morgan fingerprint density at radius 1 is 1.46 bits per heavy atom. The minimum atomic E-state index is -0.109. The van der Waals surface area contributed by atoms with Gasteiger partial charge in [-0.05, 0) is 30.0 Å². The molecule has 0 aliphatic heterocycles. The third-order valence-electron chi connectivity index (χ3n) is 4.49. The molecule has 1 aromatic carbocycles. The van der Waals surface area contributed by atoms with E-state index in [1.165, 1.54) is 5.56 Å². The molecule has 1 aliphatic carbocycles. The molecule has 2 aromatic heterocycles. The van der Waals surface area contributed by atoms with Crippen molar-refractivity contribution in [3.63, 3.8) is 0 Å². The van der Waals surface area contributed by atoms with E-state index in [0.717, 1.165) is 24.0 Å². The van der Waals surface area contributed by atoms with Crippen molar-refractivity contribution in [3.8, 4) is 11.4 Å². The number of nitrogens with zero attached hydrogens (tertiary/aromatic N) is 4. The molecule has 1 unspecified atom stereocenters. The van der Waals surface area contributed by atoms with Gasteiger partial charge in [-0.15, -0.1) is 0 Å². The fourth-order valence-electron chi connectivity index (χ4n) is 3.24. The first kappa shape index (κ1) is 16.5.